The molecule has 0 spiro atoms. The Balaban J connectivity index is 2.04. The van der Waals surface area contributed by atoms with Crippen molar-refractivity contribution in [3.8, 4) is 0 Å². The molecular formula is C15H20N4O. The number of amides is 1. The fourth-order valence-corrected chi connectivity index (χ4v) is 2.03. The van der Waals surface area contributed by atoms with Crippen LogP contribution in [0.1, 0.15) is 28.4 Å². The van der Waals surface area contributed by atoms with E-state index in [1.165, 1.54) is 0 Å². The summed E-state index contributed by atoms with van der Waals surface area (Å²) in [7, 11) is 1.90. The largest absolute Gasteiger partial charge is 0.381 e. The minimum absolute atomic E-state index is 0.0330. The van der Waals surface area contributed by atoms with Crippen molar-refractivity contribution in [3.63, 3.8) is 0 Å². The molecular weight excluding hydrogens is 252 g/mol. The molecule has 0 aliphatic rings. The monoisotopic (exact) mass is 272 g/mol. The van der Waals surface area contributed by atoms with E-state index in [-0.39, 0.29) is 5.91 Å². The van der Waals surface area contributed by atoms with Gasteiger partial charge in [0.1, 0.15) is 0 Å². The summed E-state index contributed by atoms with van der Waals surface area (Å²) >= 11 is 0. The molecule has 0 bridgehead atoms. The smallest absolute Gasteiger partial charge is 0.251 e. The molecule has 5 nitrogen and oxygen atoms in total. The molecule has 1 heterocycles. The maximum Gasteiger partial charge on any atom is 0.251 e. The number of carbonyl (C=O) groups excluding carboxylic acids is 1. The summed E-state index contributed by atoms with van der Waals surface area (Å²) < 4.78 is 1.78. The van der Waals surface area contributed by atoms with Crippen molar-refractivity contribution < 1.29 is 4.79 Å². The zero-order valence-corrected chi connectivity index (χ0v) is 12.1. The second kappa shape index (κ2) is 6.23. The summed E-state index contributed by atoms with van der Waals surface area (Å²) in [6.45, 7) is 5.26. The predicted octanol–water partition coefficient (Wildman–Crippen LogP) is 2.09. The van der Waals surface area contributed by atoms with E-state index in [1.54, 1.807) is 4.68 Å². The number of nitrogens with zero attached hydrogens (tertiary/aromatic N) is 2. The third-order valence-corrected chi connectivity index (χ3v) is 3.07. The van der Waals surface area contributed by atoms with Crippen LogP contribution in [0.2, 0.25) is 0 Å². The van der Waals surface area contributed by atoms with Gasteiger partial charge in [0.15, 0.2) is 0 Å². The van der Waals surface area contributed by atoms with E-state index in [0.717, 1.165) is 23.4 Å². The van der Waals surface area contributed by atoms with Crippen LogP contribution < -0.4 is 10.6 Å². The molecule has 2 aromatic rings. The number of nitrogens with one attached hydrogen (secondary N) is 2. The van der Waals surface area contributed by atoms with Crippen molar-refractivity contribution in [1.29, 1.82) is 0 Å². The Kier molecular flexibility index (Phi) is 4.40. The van der Waals surface area contributed by atoms with Gasteiger partial charge in [-0.2, -0.15) is 5.10 Å². The fourth-order valence-electron chi connectivity index (χ4n) is 2.03. The Morgan fingerprint density at radius 2 is 2.20 bits per heavy atom. The van der Waals surface area contributed by atoms with Crippen molar-refractivity contribution in [1.82, 2.24) is 15.1 Å². The zero-order valence-electron chi connectivity index (χ0n) is 12.1. The van der Waals surface area contributed by atoms with Gasteiger partial charge in [-0.15, -0.1) is 0 Å². The first-order chi connectivity index (χ1) is 9.60. The predicted molar refractivity (Wildman–Crippen MR) is 79.7 cm³/mol. The number of hydrogen-bond donors (Lipinski definition) is 2. The lowest BCUT2D eigenvalue weighted by Crippen LogP contribution is -2.22. The minimum atomic E-state index is -0.0330. The Labute approximate surface area is 119 Å². The molecule has 1 aromatic heterocycles. The molecule has 0 atom stereocenters. The van der Waals surface area contributed by atoms with Gasteiger partial charge in [0.05, 0.1) is 6.20 Å². The maximum absolute atomic E-state index is 11.7. The van der Waals surface area contributed by atoms with Crippen molar-refractivity contribution in [2.75, 3.05) is 11.9 Å². The first-order valence-corrected chi connectivity index (χ1v) is 6.70. The molecule has 0 unspecified atom stereocenters. The van der Waals surface area contributed by atoms with Gasteiger partial charge in [0, 0.05) is 43.1 Å². The van der Waals surface area contributed by atoms with Crippen molar-refractivity contribution in [2.45, 2.75) is 20.4 Å². The van der Waals surface area contributed by atoms with Crippen LogP contribution in [-0.4, -0.2) is 22.2 Å². The van der Waals surface area contributed by atoms with Gasteiger partial charge >= 0.3 is 0 Å². The quantitative estimate of drug-likeness (QED) is 0.876. The third kappa shape index (κ3) is 3.38. The highest BCUT2D eigenvalue weighted by Gasteiger charge is 2.06. The minimum Gasteiger partial charge on any atom is -0.381 e. The molecule has 0 aliphatic heterocycles. The molecule has 0 saturated heterocycles. The standard InChI is InChI=1S/C15H20N4O/c1-4-16-15(20)13-5-6-14(11(2)7-13)17-8-12-9-18-19(3)10-12/h5-7,9-10,17H,4,8H2,1-3H3,(H,16,20). The van der Waals surface area contributed by atoms with Gasteiger partial charge in [-0.1, -0.05) is 0 Å². The average Bonchev–Trinajstić information content (AvgIpc) is 2.83. The number of benzene rings is 1. The van der Waals surface area contributed by atoms with Gasteiger partial charge in [-0.3, -0.25) is 9.48 Å². The summed E-state index contributed by atoms with van der Waals surface area (Å²) in [6, 6.07) is 5.68. The Morgan fingerprint density at radius 3 is 2.80 bits per heavy atom. The number of aromatic nitrogens is 2. The number of anilines is 1. The molecule has 0 radical (unpaired) electrons. The van der Waals surface area contributed by atoms with Gasteiger partial charge < -0.3 is 10.6 Å². The van der Waals surface area contributed by atoms with E-state index in [1.807, 2.05) is 51.5 Å². The summed E-state index contributed by atoms with van der Waals surface area (Å²) in [5, 5.41) is 10.3. The molecule has 0 saturated carbocycles. The van der Waals surface area contributed by atoms with Gasteiger partial charge in [0.2, 0.25) is 0 Å². The lowest BCUT2D eigenvalue weighted by Gasteiger charge is -2.10. The summed E-state index contributed by atoms with van der Waals surface area (Å²) in [5.41, 5.74) is 3.90. The number of hydrogen-bond acceptors (Lipinski definition) is 3. The van der Waals surface area contributed by atoms with Crippen LogP contribution in [0, 0.1) is 6.92 Å². The van der Waals surface area contributed by atoms with E-state index in [9.17, 15) is 4.79 Å². The van der Waals surface area contributed by atoms with Crippen LogP contribution in [0.3, 0.4) is 0 Å². The summed E-state index contributed by atoms with van der Waals surface area (Å²) in [5.74, 6) is -0.0330. The maximum atomic E-state index is 11.7. The third-order valence-electron chi connectivity index (χ3n) is 3.07. The molecule has 5 heteroatoms. The zero-order chi connectivity index (χ0) is 14.5. The molecule has 1 aromatic carbocycles. The van der Waals surface area contributed by atoms with Gasteiger partial charge in [0.25, 0.3) is 5.91 Å². The Hall–Kier alpha value is -2.30. The average molecular weight is 272 g/mol. The highest BCUT2D eigenvalue weighted by atomic mass is 16.1. The Bertz CT molecular complexity index is 604. The van der Waals surface area contributed by atoms with E-state index in [4.69, 9.17) is 0 Å². The van der Waals surface area contributed by atoms with E-state index >= 15 is 0 Å². The van der Waals surface area contributed by atoms with E-state index in [2.05, 4.69) is 15.7 Å². The van der Waals surface area contributed by atoms with Gasteiger partial charge in [-0.25, -0.2) is 0 Å². The van der Waals surface area contributed by atoms with Crippen LogP contribution in [0.4, 0.5) is 5.69 Å². The number of aryl methyl sites for hydroxylation is 2. The molecule has 2 N–H and O–H groups in total. The summed E-state index contributed by atoms with van der Waals surface area (Å²) in [6.07, 6.45) is 3.82. The lowest BCUT2D eigenvalue weighted by atomic mass is 10.1. The van der Waals surface area contributed by atoms with Crippen LogP contribution in [0.5, 0.6) is 0 Å². The van der Waals surface area contributed by atoms with Crippen LogP contribution in [0.25, 0.3) is 0 Å². The van der Waals surface area contributed by atoms with Gasteiger partial charge in [-0.05, 0) is 37.6 Å². The van der Waals surface area contributed by atoms with Crippen LogP contribution in [-0.2, 0) is 13.6 Å². The SMILES string of the molecule is CCNC(=O)c1ccc(NCc2cnn(C)c2)c(C)c1. The highest BCUT2D eigenvalue weighted by molar-refractivity contribution is 5.94. The Morgan fingerprint density at radius 1 is 1.40 bits per heavy atom. The van der Waals surface area contributed by atoms with Crippen LogP contribution in [0.15, 0.2) is 30.6 Å². The molecule has 0 aliphatic carbocycles. The first kappa shape index (κ1) is 14.1. The number of carbonyl (C=O) groups is 1. The highest BCUT2D eigenvalue weighted by Crippen LogP contribution is 2.17. The number of rotatable bonds is 5. The molecule has 0 fully saturated rings. The second-order valence-corrected chi connectivity index (χ2v) is 4.76. The lowest BCUT2D eigenvalue weighted by molar-refractivity contribution is 0.0956. The fraction of sp³-hybridized carbons (Fsp3) is 0.333. The van der Waals surface area contributed by atoms with Crippen molar-refractivity contribution in [3.05, 3.63) is 47.3 Å². The molecule has 2 rings (SSSR count). The van der Waals surface area contributed by atoms with Crippen molar-refractivity contribution in [2.24, 2.45) is 7.05 Å². The first-order valence-electron chi connectivity index (χ1n) is 6.70. The molecule has 20 heavy (non-hydrogen) atoms. The topological polar surface area (TPSA) is 59.0 Å². The molecule has 106 valence electrons. The molecule has 1 amide bonds. The summed E-state index contributed by atoms with van der Waals surface area (Å²) in [4.78, 5) is 11.7. The van der Waals surface area contributed by atoms with E-state index in [0.29, 0.717) is 12.1 Å². The van der Waals surface area contributed by atoms with Crippen LogP contribution >= 0.6 is 0 Å². The normalized spacial score (nSPS) is 10.3. The second-order valence-electron chi connectivity index (χ2n) is 4.76. The van der Waals surface area contributed by atoms with Crippen molar-refractivity contribution >= 4 is 11.6 Å². The van der Waals surface area contributed by atoms with E-state index < -0.39 is 0 Å².